The van der Waals surface area contributed by atoms with Crippen molar-refractivity contribution in [2.75, 3.05) is 12.4 Å². The number of ether oxygens (including phenoxy) is 1. The summed E-state index contributed by atoms with van der Waals surface area (Å²) in [5.74, 6) is -0.725. The molecule has 0 bridgehead atoms. The molecule has 23 heavy (non-hydrogen) atoms. The minimum absolute atomic E-state index is 0.234. The van der Waals surface area contributed by atoms with Crippen molar-refractivity contribution in [1.29, 1.82) is 0 Å². The molecule has 4 nitrogen and oxygen atoms in total. The Morgan fingerprint density at radius 2 is 1.91 bits per heavy atom. The fourth-order valence-corrected chi connectivity index (χ4v) is 2.82. The zero-order valence-electron chi connectivity index (χ0n) is 12.0. The first-order valence-corrected chi connectivity index (χ1v) is 7.45. The average Bonchev–Trinajstić information content (AvgIpc) is 2.81. The van der Waals surface area contributed by atoms with Crippen LogP contribution in [0.25, 0.3) is 11.6 Å². The molecule has 0 saturated heterocycles. The van der Waals surface area contributed by atoms with Crippen molar-refractivity contribution in [3.8, 4) is 0 Å². The third kappa shape index (κ3) is 3.09. The Morgan fingerprint density at radius 3 is 2.65 bits per heavy atom. The second-order valence-corrected chi connectivity index (χ2v) is 5.84. The highest BCUT2D eigenvalue weighted by Gasteiger charge is 2.24. The molecule has 0 saturated carbocycles. The van der Waals surface area contributed by atoms with Crippen molar-refractivity contribution < 1.29 is 14.3 Å². The Morgan fingerprint density at radius 1 is 1.13 bits per heavy atom. The Hall–Kier alpha value is -2.30. The van der Waals surface area contributed by atoms with Gasteiger partial charge >= 0.3 is 5.97 Å². The molecule has 0 spiro atoms. The smallest absolute Gasteiger partial charge is 0.337 e. The normalized spacial score (nSPS) is 14.6. The van der Waals surface area contributed by atoms with Crippen LogP contribution in [0.1, 0.15) is 21.5 Å². The summed E-state index contributed by atoms with van der Waals surface area (Å²) >= 11 is 12.0. The first kappa shape index (κ1) is 15.6. The Balaban J connectivity index is 2.08. The third-order valence-corrected chi connectivity index (χ3v) is 3.87. The predicted octanol–water partition coefficient (Wildman–Crippen LogP) is 4.27. The highest BCUT2D eigenvalue weighted by Crippen LogP contribution is 2.35. The lowest BCUT2D eigenvalue weighted by Crippen LogP contribution is -2.04. The summed E-state index contributed by atoms with van der Waals surface area (Å²) in [5.41, 5.74) is 2.84. The SMILES string of the molecule is COC(=O)c1cc(Cl)cc(/C=C2/C(=O)Nc3cc(Cl)ccc32)c1. The molecule has 1 amide bonds. The second kappa shape index (κ2) is 6.07. The van der Waals surface area contributed by atoms with Crippen LogP contribution < -0.4 is 5.32 Å². The number of amides is 1. The molecule has 1 aliphatic rings. The molecule has 1 heterocycles. The fourth-order valence-electron chi connectivity index (χ4n) is 2.41. The monoisotopic (exact) mass is 347 g/mol. The van der Waals surface area contributed by atoms with E-state index in [1.165, 1.54) is 13.2 Å². The predicted molar refractivity (Wildman–Crippen MR) is 90.7 cm³/mol. The minimum Gasteiger partial charge on any atom is -0.465 e. The van der Waals surface area contributed by atoms with Crippen molar-refractivity contribution in [1.82, 2.24) is 0 Å². The van der Waals surface area contributed by atoms with Crippen molar-refractivity contribution in [3.05, 3.63) is 63.1 Å². The van der Waals surface area contributed by atoms with Crippen molar-refractivity contribution >= 4 is 52.4 Å². The molecule has 1 N–H and O–H groups in total. The van der Waals surface area contributed by atoms with E-state index in [0.717, 1.165) is 5.56 Å². The van der Waals surface area contributed by atoms with Crippen LogP contribution in [0.4, 0.5) is 5.69 Å². The van der Waals surface area contributed by atoms with E-state index in [1.54, 1.807) is 36.4 Å². The lowest BCUT2D eigenvalue weighted by atomic mass is 10.0. The van der Waals surface area contributed by atoms with Gasteiger partial charge in [-0.2, -0.15) is 0 Å². The number of nitrogens with one attached hydrogen (secondary N) is 1. The number of carbonyl (C=O) groups excluding carboxylic acids is 2. The van der Waals surface area contributed by atoms with Crippen LogP contribution in [0.15, 0.2) is 36.4 Å². The second-order valence-electron chi connectivity index (χ2n) is 4.97. The summed E-state index contributed by atoms with van der Waals surface area (Å²) in [4.78, 5) is 23.8. The van der Waals surface area contributed by atoms with E-state index in [9.17, 15) is 9.59 Å². The van der Waals surface area contributed by atoms with Crippen LogP contribution in [0.2, 0.25) is 10.0 Å². The van der Waals surface area contributed by atoms with Crippen molar-refractivity contribution in [3.63, 3.8) is 0 Å². The molecule has 0 radical (unpaired) electrons. The summed E-state index contributed by atoms with van der Waals surface area (Å²) in [7, 11) is 1.30. The first-order valence-electron chi connectivity index (χ1n) is 6.70. The van der Waals surface area contributed by atoms with Gasteiger partial charge in [0.05, 0.1) is 18.4 Å². The maximum absolute atomic E-state index is 12.2. The van der Waals surface area contributed by atoms with Crippen LogP contribution in [0.5, 0.6) is 0 Å². The topological polar surface area (TPSA) is 55.4 Å². The number of rotatable bonds is 2. The number of carbonyl (C=O) groups is 2. The quantitative estimate of drug-likeness (QED) is 0.651. The molecule has 0 atom stereocenters. The number of fused-ring (bicyclic) bond motifs is 1. The summed E-state index contributed by atoms with van der Waals surface area (Å²) in [6.45, 7) is 0. The van der Waals surface area contributed by atoms with Crippen LogP contribution in [0.3, 0.4) is 0 Å². The van der Waals surface area contributed by atoms with Gasteiger partial charge in [0.2, 0.25) is 0 Å². The number of benzene rings is 2. The number of esters is 1. The van der Waals surface area contributed by atoms with E-state index in [-0.39, 0.29) is 5.91 Å². The maximum Gasteiger partial charge on any atom is 0.337 e. The number of methoxy groups -OCH3 is 1. The van der Waals surface area contributed by atoms with Crippen LogP contribution >= 0.6 is 23.2 Å². The van der Waals surface area contributed by atoms with Gasteiger partial charge < -0.3 is 10.1 Å². The lowest BCUT2D eigenvalue weighted by molar-refractivity contribution is -0.110. The summed E-state index contributed by atoms with van der Waals surface area (Å²) in [5, 5.41) is 3.68. The first-order chi connectivity index (χ1) is 11.0. The number of halogens is 2. The molecule has 2 aromatic rings. The van der Waals surface area contributed by atoms with E-state index in [4.69, 9.17) is 27.9 Å². The largest absolute Gasteiger partial charge is 0.465 e. The van der Waals surface area contributed by atoms with Gasteiger partial charge in [-0.05, 0) is 42.0 Å². The van der Waals surface area contributed by atoms with E-state index in [0.29, 0.717) is 32.4 Å². The van der Waals surface area contributed by atoms with Crippen LogP contribution in [-0.2, 0) is 9.53 Å². The Bertz CT molecular complexity index is 859. The highest BCUT2D eigenvalue weighted by molar-refractivity contribution is 6.37. The van der Waals surface area contributed by atoms with E-state index >= 15 is 0 Å². The van der Waals surface area contributed by atoms with E-state index < -0.39 is 5.97 Å². The molecule has 6 heteroatoms. The van der Waals surface area contributed by atoms with Crippen molar-refractivity contribution in [2.45, 2.75) is 0 Å². The van der Waals surface area contributed by atoms with Gasteiger partial charge in [-0.3, -0.25) is 4.79 Å². The molecule has 3 rings (SSSR count). The van der Waals surface area contributed by atoms with Crippen molar-refractivity contribution in [2.24, 2.45) is 0 Å². The van der Waals surface area contributed by atoms with Gasteiger partial charge in [-0.1, -0.05) is 29.3 Å². The zero-order chi connectivity index (χ0) is 16.6. The molecule has 2 aromatic carbocycles. The Labute approximate surface area is 142 Å². The molecule has 0 unspecified atom stereocenters. The minimum atomic E-state index is -0.491. The van der Waals surface area contributed by atoms with E-state index in [2.05, 4.69) is 5.32 Å². The Kier molecular flexibility index (Phi) is 4.11. The summed E-state index contributed by atoms with van der Waals surface area (Å²) in [6, 6.07) is 9.97. The number of hydrogen-bond donors (Lipinski definition) is 1. The van der Waals surface area contributed by atoms with Gasteiger partial charge in [0.1, 0.15) is 0 Å². The third-order valence-electron chi connectivity index (χ3n) is 3.42. The summed E-state index contributed by atoms with van der Waals surface area (Å²) in [6.07, 6.45) is 1.67. The van der Waals surface area contributed by atoms with Gasteiger partial charge in [0, 0.05) is 21.2 Å². The molecule has 0 fully saturated rings. The lowest BCUT2D eigenvalue weighted by Gasteiger charge is -2.04. The van der Waals surface area contributed by atoms with Gasteiger partial charge in [0.15, 0.2) is 0 Å². The average molecular weight is 348 g/mol. The molecule has 116 valence electrons. The van der Waals surface area contributed by atoms with E-state index in [1.807, 2.05) is 0 Å². The molecule has 0 aromatic heterocycles. The van der Waals surface area contributed by atoms with Crippen LogP contribution in [-0.4, -0.2) is 19.0 Å². The van der Waals surface area contributed by atoms with Crippen LogP contribution in [0, 0.1) is 0 Å². The molecule has 1 aliphatic heterocycles. The standard InChI is InChI=1S/C17H11Cl2NO3/c1-23-17(22)10-4-9(5-12(19)7-10)6-14-13-3-2-11(18)8-15(13)20-16(14)21/h2-8H,1H3,(H,20,21)/b14-6+. The zero-order valence-corrected chi connectivity index (χ0v) is 13.5. The molecular weight excluding hydrogens is 337 g/mol. The van der Waals surface area contributed by atoms with Gasteiger partial charge in [-0.25, -0.2) is 4.79 Å². The van der Waals surface area contributed by atoms with Gasteiger partial charge in [0.25, 0.3) is 5.91 Å². The highest BCUT2D eigenvalue weighted by atomic mass is 35.5. The number of hydrogen-bond acceptors (Lipinski definition) is 3. The number of anilines is 1. The molecular formula is C17H11Cl2NO3. The summed E-state index contributed by atoms with van der Waals surface area (Å²) < 4.78 is 4.69. The fraction of sp³-hybridized carbons (Fsp3) is 0.0588. The van der Waals surface area contributed by atoms with Gasteiger partial charge in [-0.15, -0.1) is 0 Å². The maximum atomic E-state index is 12.2. The molecule has 0 aliphatic carbocycles.